The van der Waals surface area contributed by atoms with Gasteiger partial charge in [0, 0.05) is 49.4 Å². The number of nitrogens with zero attached hydrogens (tertiary/aromatic N) is 4. The molecule has 0 aliphatic carbocycles. The van der Waals surface area contributed by atoms with Gasteiger partial charge >= 0.3 is 0 Å². The summed E-state index contributed by atoms with van der Waals surface area (Å²) in [6.07, 6.45) is 0. The Morgan fingerprint density at radius 1 is 0.421 bits per heavy atom. The van der Waals surface area contributed by atoms with E-state index in [4.69, 9.17) is 19.4 Å². The largest absolute Gasteiger partial charge is 0.455 e. The summed E-state index contributed by atoms with van der Waals surface area (Å²) in [7, 11) is 16.0. The van der Waals surface area contributed by atoms with Crippen LogP contribution in [0.4, 0.5) is 0 Å². The highest BCUT2D eigenvalue weighted by Gasteiger charge is 2.26. The third-order valence-corrected chi connectivity index (χ3v) is 12.4. The van der Waals surface area contributed by atoms with Gasteiger partial charge in [0.05, 0.1) is 5.56 Å². The molecule has 0 spiro atoms. The van der Waals surface area contributed by atoms with Gasteiger partial charge in [-0.2, -0.15) is 0 Å². The maximum absolute atomic E-state index is 6.78. The highest BCUT2D eigenvalue weighted by molar-refractivity contribution is 6.69. The molecule has 5 nitrogen and oxygen atoms in total. The summed E-state index contributed by atoms with van der Waals surface area (Å²) >= 11 is 0. The van der Waals surface area contributed by atoms with Crippen molar-refractivity contribution in [2.75, 3.05) is 0 Å². The SMILES string of the molecule is Bc1c(B)c(B)c2c(c1B)c1c(-c3ccccc3)c(B)c(B)c(B)c1n2-c1ccc2oc3c(-c4nc(-c5ccccc5)nc(-c5ccccc5)n4)cccc3c2c1. The molecule has 0 saturated heterocycles. The van der Waals surface area contributed by atoms with E-state index in [0.717, 1.165) is 44.3 Å². The summed E-state index contributed by atoms with van der Waals surface area (Å²) in [5, 5.41) is 4.70. The Labute approximate surface area is 337 Å². The highest BCUT2D eigenvalue weighted by atomic mass is 16.3. The quantitative estimate of drug-likeness (QED) is 0.222. The maximum atomic E-state index is 6.78. The Morgan fingerprint density at radius 3 is 1.56 bits per heavy atom. The second-order valence-corrected chi connectivity index (χ2v) is 15.4. The zero-order chi connectivity index (χ0) is 39.1. The molecule has 10 aromatic rings. The van der Waals surface area contributed by atoms with Crippen molar-refractivity contribution in [1.82, 2.24) is 19.5 Å². The van der Waals surface area contributed by atoms with Crippen LogP contribution in [0, 0.1) is 0 Å². The van der Waals surface area contributed by atoms with Crippen molar-refractivity contribution in [3.63, 3.8) is 0 Å². The lowest BCUT2D eigenvalue weighted by atomic mass is 9.64. The van der Waals surface area contributed by atoms with Crippen LogP contribution in [0.15, 0.2) is 132 Å². The van der Waals surface area contributed by atoms with Crippen LogP contribution >= 0.6 is 0 Å². The third kappa shape index (κ3) is 5.38. The summed E-state index contributed by atoms with van der Waals surface area (Å²) < 4.78 is 9.31. The monoisotopic (exact) mass is 724 g/mol. The molecule has 0 saturated carbocycles. The number of furan rings is 1. The Balaban J connectivity index is 1.25. The molecule has 0 fully saturated rings. The van der Waals surface area contributed by atoms with E-state index in [0.29, 0.717) is 17.5 Å². The van der Waals surface area contributed by atoms with Crippen LogP contribution < -0.4 is 38.2 Å². The van der Waals surface area contributed by atoms with Gasteiger partial charge in [0.1, 0.15) is 66.1 Å². The van der Waals surface area contributed by atoms with Gasteiger partial charge in [-0.15, -0.1) is 5.46 Å². The minimum Gasteiger partial charge on any atom is -0.455 e. The van der Waals surface area contributed by atoms with Crippen molar-refractivity contribution >= 4 is 137 Å². The first kappa shape index (κ1) is 35.0. The predicted molar refractivity (Wildman–Crippen MR) is 260 cm³/mol. The molecule has 57 heavy (non-hydrogen) atoms. The smallest absolute Gasteiger partial charge is 0.167 e. The Morgan fingerprint density at radius 2 is 0.947 bits per heavy atom. The molecule has 12 heteroatoms. The fourth-order valence-electron chi connectivity index (χ4n) is 8.91. The predicted octanol–water partition coefficient (Wildman–Crippen LogP) is -0.655. The number of para-hydroxylation sites is 1. The number of hydrogen-bond acceptors (Lipinski definition) is 4. The summed E-state index contributed by atoms with van der Waals surface area (Å²) in [5.41, 5.74) is 19.7. The van der Waals surface area contributed by atoms with Crippen molar-refractivity contribution in [2.45, 2.75) is 0 Å². The zero-order valence-corrected chi connectivity index (χ0v) is 33.3. The summed E-state index contributed by atoms with van der Waals surface area (Å²) in [6, 6.07) is 44.0. The van der Waals surface area contributed by atoms with E-state index in [2.05, 4.69) is 120 Å². The van der Waals surface area contributed by atoms with Crippen molar-refractivity contribution < 1.29 is 4.42 Å². The Bertz CT molecular complexity index is 3200. The Hall–Kier alpha value is -6.40. The lowest BCUT2D eigenvalue weighted by molar-refractivity contribution is 0.669. The second-order valence-electron chi connectivity index (χ2n) is 15.4. The van der Waals surface area contributed by atoms with E-state index in [1.165, 1.54) is 71.2 Å². The van der Waals surface area contributed by atoms with Gasteiger partial charge in [-0.1, -0.05) is 136 Å². The first-order valence-corrected chi connectivity index (χ1v) is 19.6. The average Bonchev–Trinajstić information content (AvgIpc) is 3.81. The Kier molecular flexibility index (Phi) is 8.22. The minimum atomic E-state index is 0.571. The normalized spacial score (nSPS) is 11.6. The molecule has 0 amide bonds. The number of aromatic nitrogens is 4. The summed E-state index contributed by atoms with van der Waals surface area (Å²) in [4.78, 5) is 15.0. The molecule has 10 rings (SSSR count). The number of rotatable bonds is 5. The molecular formula is C45H35B7N4O. The molecule has 0 aliphatic heterocycles. The summed E-state index contributed by atoms with van der Waals surface area (Å²) in [5.74, 6) is 1.81. The summed E-state index contributed by atoms with van der Waals surface area (Å²) in [6.45, 7) is 0. The molecule has 262 valence electrons. The van der Waals surface area contributed by atoms with E-state index in [-0.39, 0.29) is 0 Å². The number of hydrogen-bond donors (Lipinski definition) is 0. The van der Waals surface area contributed by atoms with Crippen LogP contribution in [0.25, 0.3) is 94.7 Å². The molecule has 7 aromatic carbocycles. The molecular weight excluding hydrogens is 688 g/mol. The zero-order valence-electron chi connectivity index (χ0n) is 33.3. The first-order chi connectivity index (χ1) is 27.7. The topological polar surface area (TPSA) is 56.7 Å². The molecule has 0 aliphatic rings. The van der Waals surface area contributed by atoms with Crippen LogP contribution in [0.3, 0.4) is 0 Å². The van der Waals surface area contributed by atoms with Gasteiger partial charge in [0.15, 0.2) is 17.5 Å². The standard InChI is InChI=1S/C45H35B7N4O/c46-33-30(22-11-4-1-5-12-22)31-32-34(47)35(48)37(50)39(52)41(32)56(40(31)38(51)36(33)49)25-19-20-29-28(21-25)26-17-10-18-27(42(26)57-29)45-54-43(23-13-6-2-7-14-23)53-44(55-45)24-15-8-3-9-16-24/h1-21H,46-52H2. The van der Waals surface area contributed by atoms with Crippen LogP contribution in [0.5, 0.6) is 0 Å². The van der Waals surface area contributed by atoms with Crippen molar-refractivity contribution in [3.8, 4) is 51.0 Å². The third-order valence-electron chi connectivity index (χ3n) is 12.4. The fraction of sp³-hybridized carbons (Fsp3) is 0. The van der Waals surface area contributed by atoms with E-state index in [1.54, 1.807) is 0 Å². The van der Waals surface area contributed by atoms with E-state index < -0.39 is 0 Å². The molecule has 0 radical (unpaired) electrons. The minimum absolute atomic E-state index is 0.571. The highest BCUT2D eigenvalue weighted by Crippen LogP contribution is 2.39. The lowest BCUT2D eigenvalue weighted by Crippen LogP contribution is -2.48. The van der Waals surface area contributed by atoms with Gasteiger partial charge in [0.25, 0.3) is 0 Å². The van der Waals surface area contributed by atoms with E-state index in [9.17, 15) is 0 Å². The molecule has 0 bridgehead atoms. The van der Waals surface area contributed by atoms with Gasteiger partial charge < -0.3 is 8.98 Å². The van der Waals surface area contributed by atoms with Crippen molar-refractivity contribution in [3.05, 3.63) is 127 Å². The van der Waals surface area contributed by atoms with E-state index >= 15 is 0 Å². The first-order valence-electron chi connectivity index (χ1n) is 19.6. The van der Waals surface area contributed by atoms with Crippen LogP contribution in [-0.2, 0) is 0 Å². The molecule has 0 N–H and O–H groups in total. The van der Waals surface area contributed by atoms with E-state index in [1.807, 2.05) is 66.7 Å². The molecule has 3 aromatic heterocycles. The van der Waals surface area contributed by atoms with Gasteiger partial charge in [-0.05, 0) is 35.4 Å². The lowest BCUT2D eigenvalue weighted by Gasteiger charge is -2.18. The van der Waals surface area contributed by atoms with Crippen molar-refractivity contribution in [2.24, 2.45) is 0 Å². The molecule has 3 heterocycles. The number of fused-ring (bicyclic) bond motifs is 6. The van der Waals surface area contributed by atoms with Gasteiger partial charge in [-0.3, -0.25) is 0 Å². The van der Waals surface area contributed by atoms with Gasteiger partial charge in [0.2, 0.25) is 0 Å². The number of benzene rings is 7. The average molecular weight is 723 g/mol. The molecule has 0 atom stereocenters. The van der Waals surface area contributed by atoms with Crippen molar-refractivity contribution in [1.29, 1.82) is 0 Å². The maximum Gasteiger partial charge on any atom is 0.167 e. The van der Waals surface area contributed by atoms with Crippen LogP contribution in [-0.4, -0.2) is 74.4 Å². The van der Waals surface area contributed by atoms with Crippen LogP contribution in [0.2, 0.25) is 0 Å². The fourth-order valence-corrected chi connectivity index (χ4v) is 8.91. The second kappa shape index (κ2) is 13.4. The van der Waals surface area contributed by atoms with Gasteiger partial charge in [-0.25, -0.2) is 15.0 Å². The molecule has 0 unspecified atom stereocenters. The van der Waals surface area contributed by atoms with Crippen LogP contribution in [0.1, 0.15) is 0 Å².